The van der Waals surface area contributed by atoms with Crippen molar-refractivity contribution in [1.29, 1.82) is 0 Å². The van der Waals surface area contributed by atoms with Gasteiger partial charge in [0.1, 0.15) is 0 Å². The molecule has 0 aliphatic rings. The van der Waals surface area contributed by atoms with Gasteiger partial charge in [0.05, 0.1) is 0 Å². The SMILES string of the molecule is Cc1cc(C)c(On2c(=O)[nH]cc(F)c2=O)c(C)c1. The molecule has 0 atom stereocenters. The molecule has 0 aliphatic carbocycles. The molecule has 0 spiro atoms. The van der Waals surface area contributed by atoms with E-state index < -0.39 is 17.1 Å². The molecule has 1 aromatic heterocycles. The molecule has 0 aliphatic heterocycles. The molecule has 100 valence electrons. The summed E-state index contributed by atoms with van der Waals surface area (Å²) >= 11 is 0. The Morgan fingerprint density at radius 2 is 1.74 bits per heavy atom. The zero-order valence-electron chi connectivity index (χ0n) is 10.8. The number of hydrogen-bond donors (Lipinski definition) is 1. The van der Waals surface area contributed by atoms with E-state index in [1.807, 2.05) is 19.1 Å². The van der Waals surface area contributed by atoms with Crippen molar-refractivity contribution < 1.29 is 9.23 Å². The number of hydrogen-bond acceptors (Lipinski definition) is 3. The van der Waals surface area contributed by atoms with Gasteiger partial charge in [0.15, 0.2) is 5.75 Å². The Morgan fingerprint density at radius 1 is 1.16 bits per heavy atom. The number of nitrogens with zero attached hydrogens (tertiary/aromatic N) is 1. The van der Waals surface area contributed by atoms with Gasteiger partial charge in [-0.3, -0.25) is 4.79 Å². The highest BCUT2D eigenvalue weighted by Gasteiger charge is 2.12. The maximum absolute atomic E-state index is 13.1. The lowest BCUT2D eigenvalue weighted by Gasteiger charge is -2.12. The molecule has 0 radical (unpaired) electrons. The van der Waals surface area contributed by atoms with Crippen LogP contribution in [0.15, 0.2) is 27.9 Å². The van der Waals surface area contributed by atoms with Crippen LogP contribution in [0.3, 0.4) is 0 Å². The predicted octanol–water partition coefficient (Wildman–Crippen LogP) is 1.44. The third-order valence-corrected chi connectivity index (χ3v) is 2.68. The van der Waals surface area contributed by atoms with Crippen LogP contribution in [-0.2, 0) is 0 Å². The van der Waals surface area contributed by atoms with E-state index in [1.54, 1.807) is 13.8 Å². The van der Waals surface area contributed by atoms with Crippen LogP contribution in [-0.4, -0.2) is 9.71 Å². The van der Waals surface area contributed by atoms with Crippen molar-refractivity contribution in [2.24, 2.45) is 0 Å². The van der Waals surface area contributed by atoms with Crippen LogP contribution in [0.25, 0.3) is 0 Å². The van der Waals surface area contributed by atoms with Gasteiger partial charge in [0, 0.05) is 6.20 Å². The van der Waals surface area contributed by atoms with Crippen LogP contribution in [0.5, 0.6) is 5.75 Å². The molecule has 0 fully saturated rings. The van der Waals surface area contributed by atoms with Crippen LogP contribution in [0, 0.1) is 26.6 Å². The quantitative estimate of drug-likeness (QED) is 0.892. The summed E-state index contributed by atoms with van der Waals surface area (Å²) < 4.78 is 13.5. The molecule has 1 heterocycles. The van der Waals surface area contributed by atoms with E-state index in [9.17, 15) is 14.0 Å². The molecule has 2 rings (SSSR count). The Labute approximate surface area is 108 Å². The zero-order chi connectivity index (χ0) is 14.2. The fourth-order valence-electron chi connectivity index (χ4n) is 1.92. The summed E-state index contributed by atoms with van der Waals surface area (Å²) in [4.78, 5) is 30.4. The van der Waals surface area contributed by atoms with Crippen LogP contribution in [0.2, 0.25) is 0 Å². The number of rotatable bonds is 2. The second kappa shape index (κ2) is 4.72. The second-order valence-corrected chi connectivity index (χ2v) is 4.36. The summed E-state index contributed by atoms with van der Waals surface area (Å²) in [5.74, 6) is -0.717. The van der Waals surface area contributed by atoms with E-state index in [-0.39, 0.29) is 0 Å². The predicted molar refractivity (Wildman–Crippen MR) is 68.0 cm³/mol. The molecule has 0 unspecified atom stereocenters. The van der Waals surface area contributed by atoms with E-state index in [0.29, 0.717) is 16.7 Å². The number of aromatic nitrogens is 2. The molecular weight excluding hydrogens is 251 g/mol. The topological polar surface area (TPSA) is 64.1 Å². The van der Waals surface area contributed by atoms with Crippen molar-refractivity contribution in [2.75, 3.05) is 0 Å². The first-order chi connectivity index (χ1) is 8.90. The van der Waals surface area contributed by atoms with Gasteiger partial charge in [0.25, 0.3) is 0 Å². The summed E-state index contributed by atoms with van der Waals surface area (Å²) in [6.07, 6.45) is 0.708. The van der Waals surface area contributed by atoms with Crippen molar-refractivity contribution in [3.8, 4) is 5.75 Å². The molecule has 5 nitrogen and oxygen atoms in total. The fourth-order valence-corrected chi connectivity index (χ4v) is 1.92. The van der Waals surface area contributed by atoms with Crippen LogP contribution >= 0.6 is 0 Å². The summed E-state index contributed by atoms with van der Waals surface area (Å²) in [6, 6.07) is 3.70. The molecule has 6 heteroatoms. The molecule has 1 aromatic carbocycles. The van der Waals surface area contributed by atoms with Gasteiger partial charge >= 0.3 is 11.2 Å². The molecule has 0 amide bonds. The minimum atomic E-state index is -1.12. The number of benzene rings is 1. The van der Waals surface area contributed by atoms with Crippen molar-refractivity contribution in [3.63, 3.8) is 0 Å². The summed E-state index contributed by atoms with van der Waals surface area (Å²) in [6.45, 7) is 5.49. The van der Waals surface area contributed by atoms with E-state index in [0.717, 1.165) is 16.7 Å². The zero-order valence-corrected chi connectivity index (χ0v) is 10.8. The summed E-state index contributed by atoms with van der Waals surface area (Å²) in [7, 11) is 0. The van der Waals surface area contributed by atoms with E-state index in [2.05, 4.69) is 4.98 Å². The monoisotopic (exact) mass is 264 g/mol. The number of H-pyrrole nitrogens is 1. The van der Waals surface area contributed by atoms with Gasteiger partial charge in [-0.15, -0.1) is 0 Å². The summed E-state index contributed by atoms with van der Waals surface area (Å²) in [5, 5.41) is 0. The Morgan fingerprint density at radius 3 is 2.32 bits per heavy atom. The third-order valence-electron chi connectivity index (χ3n) is 2.68. The molecule has 2 aromatic rings. The van der Waals surface area contributed by atoms with E-state index >= 15 is 0 Å². The molecular formula is C13H13FN2O3. The second-order valence-electron chi connectivity index (χ2n) is 4.36. The minimum absolute atomic E-state index is 0.365. The van der Waals surface area contributed by atoms with Crippen molar-refractivity contribution in [2.45, 2.75) is 20.8 Å². The average molecular weight is 264 g/mol. The smallest absolute Gasteiger partial charge is 0.362 e. The number of aryl methyl sites for hydroxylation is 3. The Kier molecular flexibility index (Phi) is 3.25. The maximum Gasteiger partial charge on any atom is 0.362 e. The van der Waals surface area contributed by atoms with Gasteiger partial charge in [-0.25, -0.2) is 4.79 Å². The van der Waals surface area contributed by atoms with Gasteiger partial charge in [-0.2, -0.15) is 4.39 Å². The molecule has 1 N–H and O–H groups in total. The van der Waals surface area contributed by atoms with Crippen molar-refractivity contribution in [3.05, 3.63) is 61.7 Å². The largest absolute Gasteiger partial charge is 0.367 e. The third kappa shape index (κ3) is 2.42. The van der Waals surface area contributed by atoms with Gasteiger partial charge in [-0.05, 0) is 31.9 Å². The number of nitrogens with one attached hydrogen (secondary N) is 1. The lowest BCUT2D eigenvalue weighted by atomic mass is 10.1. The number of halogens is 1. The number of aromatic amines is 1. The van der Waals surface area contributed by atoms with Crippen LogP contribution < -0.4 is 16.1 Å². The van der Waals surface area contributed by atoms with Crippen LogP contribution in [0.4, 0.5) is 4.39 Å². The highest BCUT2D eigenvalue weighted by molar-refractivity contribution is 5.42. The van der Waals surface area contributed by atoms with Gasteiger partial charge < -0.3 is 9.82 Å². The van der Waals surface area contributed by atoms with E-state index in [4.69, 9.17) is 4.84 Å². The first-order valence-corrected chi connectivity index (χ1v) is 5.66. The van der Waals surface area contributed by atoms with Crippen molar-refractivity contribution >= 4 is 0 Å². The van der Waals surface area contributed by atoms with Gasteiger partial charge in [-0.1, -0.05) is 22.4 Å². The lowest BCUT2D eigenvalue weighted by Crippen LogP contribution is -2.39. The normalized spacial score (nSPS) is 10.5. The maximum atomic E-state index is 13.1. The Balaban J connectivity index is 2.57. The van der Waals surface area contributed by atoms with Crippen LogP contribution in [0.1, 0.15) is 16.7 Å². The fraction of sp³-hybridized carbons (Fsp3) is 0.231. The molecule has 0 saturated heterocycles. The average Bonchev–Trinajstić information content (AvgIpc) is 2.32. The van der Waals surface area contributed by atoms with Crippen molar-refractivity contribution in [1.82, 2.24) is 9.71 Å². The summed E-state index contributed by atoms with van der Waals surface area (Å²) in [5.41, 5.74) is 0.595. The first kappa shape index (κ1) is 13.1. The highest BCUT2D eigenvalue weighted by atomic mass is 19.1. The highest BCUT2D eigenvalue weighted by Crippen LogP contribution is 2.24. The first-order valence-electron chi connectivity index (χ1n) is 5.66. The standard InChI is InChI=1S/C13H13FN2O3/c1-7-4-8(2)11(9(3)5-7)19-16-12(17)10(14)6-15-13(16)18/h4-6H,1-3H3,(H,15,18). The molecule has 0 saturated carbocycles. The minimum Gasteiger partial charge on any atom is -0.367 e. The van der Waals surface area contributed by atoms with E-state index in [1.165, 1.54) is 0 Å². The molecule has 19 heavy (non-hydrogen) atoms. The lowest BCUT2D eigenvalue weighted by molar-refractivity contribution is 0.181. The Bertz CT molecular complexity index is 723. The van der Waals surface area contributed by atoms with Gasteiger partial charge in [0.2, 0.25) is 5.82 Å². The molecule has 0 bridgehead atoms. The Hall–Kier alpha value is -2.37.